The zero-order valence-corrected chi connectivity index (χ0v) is 15.8. The Morgan fingerprint density at radius 2 is 2.00 bits per heavy atom. The summed E-state index contributed by atoms with van der Waals surface area (Å²) in [6, 6.07) is 16.2. The molecule has 0 radical (unpaired) electrons. The Hall–Kier alpha value is -2.34. The molecule has 0 unspecified atom stereocenters. The fraction of sp³-hybridized carbons (Fsp3) is 0.0526. The number of nitrogens with one attached hydrogen (secondary N) is 1. The van der Waals surface area contributed by atoms with Crippen molar-refractivity contribution in [2.45, 2.75) is 6.61 Å². The van der Waals surface area contributed by atoms with Gasteiger partial charge in [-0.25, -0.2) is 5.43 Å². The van der Waals surface area contributed by atoms with Crippen LogP contribution in [-0.2, 0) is 6.61 Å². The van der Waals surface area contributed by atoms with Gasteiger partial charge in [-0.2, -0.15) is 5.10 Å². The number of halogens is 2. The Morgan fingerprint density at radius 1 is 1.15 bits per heavy atom. The number of hydrazone groups is 1. The number of hydrogen-bond acceptors (Lipinski definition) is 4. The van der Waals surface area contributed by atoms with Gasteiger partial charge in [0.05, 0.1) is 11.1 Å². The van der Waals surface area contributed by atoms with Crippen molar-refractivity contribution in [1.29, 1.82) is 0 Å². The first-order valence-corrected chi connectivity index (χ1v) is 9.30. The van der Waals surface area contributed by atoms with Crippen LogP contribution < -0.4 is 10.2 Å². The first-order valence-electron chi connectivity index (χ1n) is 7.66. The van der Waals surface area contributed by atoms with E-state index in [-0.39, 0.29) is 5.91 Å². The van der Waals surface area contributed by atoms with Gasteiger partial charge in [-0.3, -0.25) is 4.79 Å². The van der Waals surface area contributed by atoms with E-state index < -0.39 is 0 Å². The number of carbonyl (C=O) groups is 1. The lowest BCUT2D eigenvalue weighted by Crippen LogP contribution is -2.16. The molecule has 4 nitrogen and oxygen atoms in total. The largest absolute Gasteiger partial charge is 0.488 e. The predicted octanol–water partition coefficient (Wildman–Crippen LogP) is 5.40. The fourth-order valence-electron chi connectivity index (χ4n) is 2.14. The summed E-state index contributed by atoms with van der Waals surface area (Å²) < 4.78 is 5.84. The Balaban J connectivity index is 1.66. The maximum atomic E-state index is 11.9. The van der Waals surface area contributed by atoms with Gasteiger partial charge >= 0.3 is 0 Å². The van der Waals surface area contributed by atoms with Crippen LogP contribution in [0.3, 0.4) is 0 Å². The average molecular weight is 405 g/mol. The molecule has 0 saturated carbocycles. The normalized spacial score (nSPS) is 10.8. The molecule has 0 bridgehead atoms. The van der Waals surface area contributed by atoms with Crippen LogP contribution in [0.15, 0.2) is 65.1 Å². The molecule has 1 amide bonds. The van der Waals surface area contributed by atoms with Crippen molar-refractivity contribution in [3.63, 3.8) is 0 Å². The van der Waals surface area contributed by atoms with E-state index in [2.05, 4.69) is 10.5 Å². The van der Waals surface area contributed by atoms with Crippen LogP contribution in [0.2, 0.25) is 10.0 Å². The van der Waals surface area contributed by atoms with Crippen molar-refractivity contribution in [3.05, 3.63) is 86.0 Å². The monoisotopic (exact) mass is 404 g/mol. The fourth-order valence-corrected chi connectivity index (χ4v) is 3.21. The highest BCUT2D eigenvalue weighted by molar-refractivity contribution is 7.12. The molecule has 2 aromatic carbocycles. The minimum atomic E-state index is -0.248. The summed E-state index contributed by atoms with van der Waals surface area (Å²) in [5.74, 6) is 0.384. The number of benzene rings is 2. The van der Waals surface area contributed by atoms with Crippen LogP contribution in [0.5, 0.6) is 5.75 Å². The first kappa shape index (κ1) is 18.5. The van der Waals surface area contributed by atoms with Gasteiger partial charge in [0.15, 0.2) is 0 Å². The zero-order chi connectivity index (χ0) is 18.4. The highest BCUT2D eigenvalue weighted by Gasteiger charge is 2.06. The van der Waals surface area contributed by atoms with E-state index in [1.807, 2.05) is 41.8 Å². The molecule has 3 aromatic rings. The zero-order valence-electron chi connectivity index (χ0n) is 13.5. The summed E-state index contributed by atoms with van der Waals surface area (Å²) in [7, 11) is 0. The van der Waals surface area contributed by atoms with Gasteiger partial charge in [0.25, 0.3) is 5.91 Å². The van der Waals surface area contributed by atoms with E-state index in [1.165, 1.54) is 11.3 Å². The van der Waals surface area contributed by atoms with Gasteiger partial charge in [-0.05, 0) is 35.7 Å². The third-order valence-electron chi connectivity index (χ3n) is 3.43. The maximum Gasteiger partial charge on any atom is 0.281 e. The van der Waals surface area contributed by atoms with Gasteiger partial charge < -0.3 is 4.74 Å². The van der Waals surface area contributed by atoms with Gasteiger partial charge in [-0.1, -0.05) is 47.5 Å². The summed E-state index contributed by atoms with van der Waals surface area (Å²) in [5, 5.41) is 6.96. The smallest absolute Gasteiger partial charge is 0.281 e. The molecule has 1 N–H and O–H groups in total. The number of thiophene rings is 1. The second kappa shape index (κ2) is 8.85. The molecular formula is C19H14Cl2N2O2S. The minimum absolute atomic E-state index is 0.248. The van der Waals surface area contributed by atoms with E-state index in [4.69, 9.17) is 27.9 Å². The molecule has 0 aliphatic carbocycles. The van der Waals surface area contributed by atoms with Crippen molar-refractivity contribution in [2.75, 3.05) is 0 Å². The van der Waals surface area contributed by atoms with E-state index in [1.54, 1.807) is 24.4 Å². The van der Waals surface area contributed by atoms with Crippen molar-refractivity contribution < 1.29 is 9.53 Å². The molecular weight excluding hydrogens is 391 g/mol. The number of carbonyl (C=O) groups excluding carboxylic acids is 1. The molecule has 1 heterocycles. The SMILES string of the molecule is O=C(N/N=C\c1ccccc1OCc1ccc(Cl)cc1Cl)c1cccs1. The highest BCUT2D eigenvalue weighted by atomic mass is 35.5. The molecule has 3 rings (SSSR count). The molecule has 0 atom stereocenters. The van der Waals surface area contributed by atoms with Gasteiger partial charge in [-0.15, -0.1) is 11.3 Å². The summed E-state index contributed by atoms with van der Waals surface area (Å²) >= 11 is 13.4. The summed E-state index contributed by atoms with van der Waals surface area (Å²) in [5.41, 5.74) is 4.07. The number of nitrogens with zero attached hydrogens (tertiary/aromatic N) is 1. The van der Waals surface area contributed by atoms with Crippen LogP contribution in [0.1, 0.15) is 20.8 Å². The van der Waals surface area contributed by atoms with Crippen LogP contribution in [0.4, 0.5) is 0 Å². The second-order valence-corrected chi connectivity index (χ2v) is 7.03. The molecule has 0 spiro atoms. The topological polar surface area (TPSA) is 50.7 Å². The number of para-hydroxylation sites is 1. The molecule has 0 aliphatic rings. The Kier molecular flexibility index (Phi) is 6.28. The molecule has 7 heteroatoms. The lowest BCUT2D eigenvalue weighted by Gasteiger charge is -2.10. The average Bonchev–Trinajstić information content (AvgIpc) is 3.17. The summed E-state index contributed by atoms with van der Waals surface area (Å²) in [6.07, 6.45) is 1.55. The number of amides is 1. The third kappa shape index (κ3) is 4.85. The lowest BCUT2D eigenvalue weighted by molar-refractivity contribution is 0.0959. The number of ether oxygens (including phenoxy) is 1. The van der Waals surface area contributed by atoms with E-state index in [0.717, 1.165) is 11.1 Å². The van der Waals surface area contributed by atoms with E-state index >= 15 is 0 Å². The van der Waals surface area contributed by atoms with Gasteiger partial charge in [0.1, 0.15) is 12.4 Å². The maximum absolute atomic E-state index is 11.9. The highest BCUT2D eigenvalue weighted by Crippen LogP contribution is 2.23. The van der Waals surface area contributed by atoms with Crippen LogP contribution >= 0.6 is 34.5 Å². The minimum Gasteiger partial charge on any atom is -0.488 e. The van der Waals surface area contributed by atoms with E-state index in [0.29, 0.717) is 27.3 Å². The van der Waals surface area contributed by atoms with Crippen molar-refractivity contribution in [1.82, 2.24) is 5.43 Å². The van der Waals surface area contributed by atoms with Crippen LogP contribution in [-0.4, -0.2) is 12.1 Å². The number of rotatable bonds is 6. The Labute approximate surface area is 165 Å². The van der Waals surface area contributed by atoms with Gasteiger partial charge in [0.2, 0.25) is 0 Å². The van der Waals surface area contributed by atoms with Crippen molar-refractivity contribution in [2.24, 2.45) is 5.10 Å². The third-order valence-corrected chi connectivity index (χ3v) is 4.89. The van der Waals surface area contributed by atoms with Crippen molar-refractivity contribution >= 4 is 46.7 Å². The lowest BCUT2D eigenvalue weighted by atomic mass is 10.2. The second-order valence-electron chi connectivity index (χ2n) is 5.24. The predicted molar refractivity (Wildman–Crippen MR) is 107 cm³/mol. The van der Waals surface area contributed by atoms with E-state index in [9.17, 15) is 4.79 Å². The Bertz CT molecular complexity index is 927. The summed E-state index contributed by atoms with van der Waals surface area (Å²) in [4.78, 5) is 12.5. The van der Waals surface area contributed by atoms with Crippen LogP contribution in [0, 0.1) is 0 Å². The molecule has 26 heavy (non-hydrogen) atoms. The standard InChI is InChI=1S/C19H14Cl2N2O2S/c20-15-8-7-14(16(21)10-15)12-25-17-5-2-1-4-13(17)11-22-23-19(24)18-6-3-9-26-18/h1-11H,12H2,(H,23,24)/b22-11-. The van der Waals surface area contributed by atoms with Crippen molar-refractivity contribution in [3.8, 4) is 5.75 Å². The van der Waals surface area contributed by atoms with Gasteiger partial charge in [0, 0.05) is 21.2 Å². The summed E-state index contributed by atoms with van der Waals surface area (Å²) in [6.45, 7) is 0.294. The molecule has 0 fully saturated rings. The first-order chi connectivity index (χ1) is 12.6. The Morgan fingerprint density at radius 3 is 2.77 bits per heavy atom. The molecule has 0 saturated heterocycles. The van der Waals surface area contributed by atoms with Crippen LogP contribution in [0.25, 0.3) is 0 Å². The molecule has 0 aliphatic heterocycles. The number of hydrogen-bond donors (Lipinski definition) is 1. The quantitative estimate of drug-likeness (QED) is 0.441. The molecule has 1 aromatic heterocycles. The molecule has 132 valence electrons.